The zero-order chi connectivity index (χ0) is 22.5. The first kappa shape index (κ1) is 24.2. The minimum Gasteiger partial charge on any atom is -0.350 e. The molecule has 0 aliphatic rings. The maximum atomic E-state index is 13.3. The zero-order valence-corrected chi connectivity index (χ0v) is 19.1. The van der Waals surface area contributed by atoms with Gasteiger partial charge >= 0.3 is 0 Å². The number of nitrogens with one attached hydrogen (secondary N) is 1. The van der Waals surface area contributed by atoms with E-state index in [0.29, 0.717) is 22.0 Å². The largest absolute Gasteiger partial charge is 0.350 e. The van der Waals surface area contributed by atoms with Crippen molar-refractivity contribution in [1.29, 1.82) is 0 Å². The summed E-state index contributed by atoms with van der Waals surface area (Å²) in [5.41, 5.74) is 0.921. The second kappa shape index (κ2) is 10.3. The average molecular weight is 453 g/mol. The van der Waals surface area contributed by atoms with Crippen LogP contribution in [0.15, 0.2) is 42.5 Å². The number of benzene rings is 2. The number of rotatable bonds is 7. The molecule has 0 aromatic heterocycles. The van der Waals surface area contributed by atoms with Gasteiger partial charge in [-0.15, -0.1) is 0 Å². The van der Waals surface area contributed by atoms with Crippen molar-refractivity contribution in [2.45, 2.75) is 58.7 Å². The van der Waals surface area contributed by atoms with Crippen molar-refractivity contribution in [3.05, 3.63) is 69.5 Å². The lowest BCUT2D eigenvalue weighted by Crippen LogP contribution is -2.53. The molecule has 0 saturated carbocycles. The Labute approximate surface area is 187 Å². The quantitative estimate of drug-likeness (QED) is 0.611. The molecule has 0 fully saturated rings. The Morgan fingerprint density at radius 2 is 1.73 bits per heavy atom. The van der Waals surface area contributed by atoms with Gasteiger partial charge in [0.15, 0.2) is 0 Å². The smallest absolute Gasteiger partial charge is 0.243 e. The maximum absolute atomic E-state index is 13.3. The molecule has 2 aromatic rings. The van der Waals surface area contributed by atoms with E-state index in [0.717, 1.165) is 5.56 Å². The Balaban J connectivity index is 2.33. The Morgan fingerprint density at radius 3 is 2.27 bits per heavy atom. The molecular formula is C23H27Cl2FN2O2. The molecule has 0 saturated heterocycles. The summed E-state index contributed by atoms with van der Waals surface area (Å²) in [6.45, 7) is 7.69. The molecule has 1 atom stereocenters. The minimum absolute atomic E-state index is 0.0243. The lowest BCUT2D eigenvalue weighted by Gasteiger charge is -2.33. The lowest BCUT2D eigenvalue weighted by molar-refractivity contribution is -0.141. The number of hydrogen-bond acceptors (Lipinski definition) is 2. The van der Waals surface area contributed by atoms with E-state index in [4.69, 9.17) is 23.2 Å². The van der Waals surface area contributed by atoms with Gasteiger partial charge in [0.1, 0.15) is 11.9 Å². The van der Waals surface area contributed by atoms with Crippen LogP contribution in [0.3, 0.4) is 0 Å². The normalized spacial score (nSPS) is 12.4. The third kappa shape index (κ3) is 6.99. The highest BCUT2D eigenvalue weighted by Gasteiger charge is 2.30. The second-order valence-electron chi connectivity index (χ2n) is 8.22. The van der Waals surface area contributed by atoms with Gasteiger partial charge in [-0.1, -0.05) is 48.3 Å². The van der Waals surface area contributed by atoms with E-state index in [2.05, 4.69) is 5.32 Å². The summed E-state index contributed by atoms with van der Waals surface area (Å²) in [5, 5.41) is 3.82. The van der Waals surface area contributed by atoms with E-state index in [1.54, 1.807) is 30.3 Å². The number of nitrogens with zero attached hydrogens (tertiary/aromatic N) is 1. The summed E-state index contributed by atoms with van der Waals surface area (Å²) in [6, 6.07) is 10.2. The molecule has 30 heavy (non-hydrogen) atoms. The highest BCUT2D eigenvalue weighted by molar-refractivity contribution is 6.35. The molecular weight excluding hydrogens is 426 g/mol. The van der Waals surface area contributed by atoms with Crippen molar-refractivity contribution in [2.75, 3.05) is 0 Å². The first-order valence-electron chi connectivity index (χ1n) is 9.80. The molecule has 0 bridgehead atoms. The van der Waals surface area contributed by atoms with Crippen LogP contribution >= 0.6 is 23.2 Å². The molecule has 4 nitrogen and oxygen atoms in total. The summed E-state index contributed by atoms with van der Waals surface area (Å²) in [7, 11) is 0. The third-order valence-electron chi connectivity index (χ3n) is 4.51. The van der Waals surface area contributed by atoms with Gasteiger partial charge in [-0.3, -0.25) is 9.59 Å². The predicted molar refractivity (Wildman–Crippen MR) is 119 cm³/mol. The minimum atomic E-state index is -0.673. The van der Waals surface area contributed by atoms with Crippen molar-refractivity contribution in [3.63, 3.8) is 0 Å². The molecule has 0 spiro atoms. The van der Waals surface area contributed by atoms with Gasteiger partial charge in [0.05, 0.1) is 6.42 Å². The summed E-state index contributed by atoms with van der Waals surface area (Å²) in [6.07, 6.45) is 0.458. The van der Waals surface area contributed by atoms with Crippen LogP contribution < -0.4 is 5.32 Å². The van der Waals surface area contributed by atoms with E-state index in [1.807, 2.05) is 27.7 Å². The number of amides is 2. The fraction of sp³-hybridized carbons (Fsp3) is 0.391. The zero-order valence-electron chi connectivity index (χ0n) is 17.6. The highest BCUT2D eigenvalue weighted by atomic mass is 35.5. The Bertz CT molecular complexity index is 895. The molecule has 2 rings (SSSR count). The Hall–Kier alpha value is -2.11. The van der Waals surface area contributed by atoms with E-state index < -0.39 is 11.6 Å². The fourth-order valence-corrected chi connectivity index (χ4v) is 3.56. The molecule has 1 unspecified atom stereocenters. The van der Waals surface area contributed by atoms with Gasteiger partial charge in [-0.05, 0) is 62.6 Å². The molecule has 0 radical (unpaired) electrons. The van der Waals surface area contributed by atoms with Crippen LogP contribution in [0.1, 0.15) is 45.2 Å². The van der Waals surface area contributed by atoms with Gasteiger partial charge in [0.2, 0.25) is 11.8 Å². The number of hydrogen-bond donors (Lipinski definition) is 1. The summed E-state index contributed by atoms with van der Waals surface area (Å²) < 4.78 is 13.3. The van der Waals surface area contributed by atoms with E-state index >= 15 is 0 Å². The predicted octanol–water partition coefficient (Wildman–Crippen LogP) is 5.40. The lowest BCUT2D eigenvalue weighted by atomic mass is 10.0. The molecule has 0 aliphatic carbocycles. The monoisotopic (exact) mass is 452 g/mol. The Kier molecular flexibility index (Phi) is 8.27. The van der Waals surface area contributed by atoms with E-state index in [9.17, 15) is 14.0 Å². The molecule has 162 valence electrons. The molecule has 1 N–H and O–H groups in total. The van der Waals surface area contributed by atoms with Crippen LogP contribution in [0.2, 0.25) is 10.0 Å². The van der Waals surface area contributed by atoms with Crippen LogP contribution in [0.5, 0.6) is 0 Å². The molecule has 2 amide bonds. The van der Waals surface area contributed by atoms with Crippen molar-refractivity contribution in [1.82, 2.24) is 10.2 Å². The van der Waals surface area contributed by atoms with E-state index in [1.165, 1.54) is 17.0 Å². The van der Waals surface area contributed by atoms with Crippen LogP contribution in [0.25, 0.3) is 0 Å². The van der Waals surface area contributed by atoms with Crippen molar-refractivity contribution in [2.24, 2.45) is 0 Å². The van der Waals surface area contributed by atoms with Crippen LogP contribution in [-0.4, -0.2) is 28.3 Å². The van der Waals surface area contributed by atoms with Gasteiger partial charge in [0, 0.05) is 22.1 Å². The first-order chi connectivity index (χ1) is 14.0. The third-order valence-corrected chi connectivity index (χ3v) is 5.09. The maximum Gasteiger partial charge on any atom is 0.243 e. The molecule has 0 aliphatic heterocycles. The van der Waals surface area contributed by atoms with Gasteiger partial charge in [0.25, 0.3) is 0 Å². The fourth-order valence-electron chi connectivity index (χ4n) is 3.09. The molecule has 0 heterocycles. The number of carbonyl (C=O) groups is 2. The van der Waals surface area contributed by atoms with Crippen molar-refractivity contribution >= 4 is 35.0 Å². The van der Waals surface area contributed by atoms with E-state index in [-0.39, 0.29) is 30.6 Å². The van der Waals surface area contributed by atoms with Crippen LogP contribution in [0.4, 0.5) is 4.39 Å². The number of halogens is 3. The van der Waals surface area contributed by atoms with Crippen LogP contribution in [0, 0.1) is 5.82 Å². The van der Waals surface area contributed by atoms with Gasteiger partial charge in [-0.25, -0.2) is 4.39 Å². The summed E-state index contributed by atoms with van der Waals surface area (Å²) >= 11 is 12.2. The molecule has 7 heteroatoms. The average Bonchev–Trinajstić information content (AvgIpc) is 2.64. The van der Waals surface area contributed by atoms with Gasteiger partial charge in [-0.2, -0.15) is 0 Å². The standard InChI is InChI=1S/C23H27Cl2FN2O2/c1-5-20(22(30)27-23(2,3)4)28(14-15-6-10-18(26)11-7-15)21(29)12-16-8-9-17(24)13-19(16)25/h6-11,13,20H,5,12,14H2,1-4H3,(H,27,30). The van der Waals surface area contributed by atoms with Crippen molar-refractivity contribution < 1.29 is 14.0 Å². The van der Waals surface area contributed by atoms with Crippen molar-refractivity contribution in [3.8, 4) is 0 Å². The molecule has 2 aromatic carbocycles. The second-order valence-corrected chi connectivity index (χ2v) is 9.07. The SMILES string of the molecule is CCC(C(=O)NC(C)(C)C)N(Cc1ccc(F)cc1)C(=O)Cc1ccc(Cl)cc1Cl. The number of carbonyl (C=O) groups excluding carboxylic acids is 2. The van der Waals surface area contributed by atoms with Gasteiger partial charge < -0.3 is 10.2 Å². The summed E-state index contributed by atoms with van der Waals surface area (Å²) in [5.74, 6) is -0.843. The first-order valence-corrected chi connectivity index (χ1v) is 10.6. The Morgan fingerprint density at radius 1 is 1.10 bits per heavy atom. The van der Waals surface area contributed by atoms with Crippen LogP contribution in [-0.2, 0) is 22.6 Å². The topological polar surface area (TPSA) is 49.4 Å². The summed E-state index contributed by atoms with van der Waals surface area (Å²) in [4.78, 5) is 27.7. The highest BCUT2D eigenvalue weighted by Crippen LogP contribution is 2.23.